The van der Waals surface area contributed by atoms with Crippen molar-refractivity contribution in [3.8, 4) is 0 Å². The molecule has 0 amide bonds. The summed E-state index contributed by atoms with van der Waals surface area (Å²) in [6.45, 7) is 3.66. The summed E-state index contributed by atoms with van der Waals surface area (Å²) in [6, 6.07) is 5.91. The van der Waals surface area contributed by atoms with Crippen molar-refractivity contribution >= 4 is 17.6 Å². The Labute approximate surface area is 120 Å². The Bertz CT molecular complexity index is 657. The average molecular weight is 295 g/mol. The van der Waals surface area contributed by atoms with Gasteiger partial charge >= 0.3 is 5.97 Å². The first-order valence-corrected chi connectivity index (χ1v) is 6.22. The van der Waals surface area contributed by atoms with Gasteiger partial charge in [0, 0.05) is 5.41 Å². The van der Waals surface area contributed by atoms with Crippen molar-refractivity contribution in [2.24, 2.45) is 0 Å². The Kier molecular flexibility index (Phi) is 3.72. The highest BCUT2D eigenvalue weighted by Gasteiger charge is 2.28. The highest BCUT2D eigenvalue weighted by molar-refractivity contribution is 6.33. The van der Waals surface area contributed by atoms with Crippen LogP contribution in [0.4, 0.5) is 4.39 Å². The predicted molar refractivity (Wildman–Crippen MR) is 72.5 cm³/mol. The summed E-state index contributed by atoms with van der Waals surface area (Å²) in [5.74, 6) is -1.24. The number of aromatic carboxylic acids is 1. The molecular formula is C14H12ClFN2O2. The molecule has 0 fully saturated rings. The molecule has 6 heteroatoms. The first kappa shape index (κ1) is 14.4. The molecule has 104 valence electrons. The zero-order chi connectivity index (χ0) is 14.9. The van der Waals surface area contributed by atoms with Crippen LogP contribution in [0.1, 0.15) is 35.7 Å². The van der Waals surface area contributed by atoms with Gasteiger partial charge in [-0.15, -0.1) is 0 Å². The number of aromatic nitrogens is 2. The topological polar surface area (TPSA) is 63.1 Å². The van der Waals surface area contributed by atoms with Gasteiger partial charge in [-0.25, -0.2) is 19.2 Å². The van der Waals surface area contributed by atoms with Crippen LogP contribution in [0.25, 0.3) is 0 Å². The van der Waals surface area contributed by atoms with E-state index in [9.17, 15) is 9.18 Å². The number of hydrogen-bond donors (Lipinski definition) is 1. The molecular weight excluding hydrogens is 283 g/mol. The second-order valence-electron chi connectivity index (χ2n) is 4.83. The van der Waals surface area contributed by atoms with Crippen molar-refractivity contribution in [1.82, 2.24) is 9.97 Å². The summed E-state index contributed by atoms with van der Waals surface area (Å²) in [4.78, 5) is 19.2. The van der Waals surface area contributed by atoms with Crippen LogP contribution in [-0.2, 0) is 5.41 Å². The van der Waals surface area contributed by atoms with Crippen molar-refractivity contribution in [2.45, 2.75) is 19.3 Å². The largest absolute Gasteiger partial charge is 0.476 e. The third-order valence-corrected chi connectivity index (χ3v) is 3.35. The Morgan fingerprint density at radius 3 is 2.45 bits per heavy atom. The molecule has 0 atom stereocenters. The van der Waals surface area contributed by atoms with Crippen molar-refractivity contribution in [1.29, 1.82) is 0 Å². The summed E-state index contributed by atoms with van der Waals surface area (Å²) in [5, 5.41) is 9.02. The van der Waals surface area contributed by atoms with Crippen molar-refractivity contribution in [3.63, 3.8) is 0 Å². The Hall–Kier alpha value is -2.01. The summed E-state index contributed by atoms with van der Waals surface area (Å²) >= 11 is 5.75. The van der Waals surface area contributed by atoms with Gasteiger partial charge in [-0.3, -0.25) is 0 Å². The third-order valence-electron chi connectivity index (χ3n) is 3.07. The normalized spacial score (nSPS) is 11.4. The lowest BCUT2D eigenvalue weighted by Gasteiger charge is -2.23. The van der Waals surface area contributed by atoms with E-state index in [1.165, 1.54) is 18.3 Å². The van der Waals surface area contributed by atoms with Crippen molar-refractivity contribution in [2.75, 3.05) is 0 Å². The van der Waals surface area contributed by atoms with Gasteiger partial charge in [0.2, 0.25) is 0 Å². The van der Waals surface area contributed by atoms with Crippen LogP contribution < -0.4 is 0 Å². The first-order chi connectivity index (χ1) is 9.32. The van der Waals surface area contributed by atoms with Gasteiger partial charge in [-0.05, 0) is 31.5 Å². The van der Waals surface area contributed by atoms with E-state index in [0.29, 0.717) is 5.82 Å². The quantitative estimate of drug-likeness (QED) is 0.943. The first-order valence-electron chi connectivity index (χ1n) is 5.84. The lowest BCUT2D eigenvalue weighted by molar-refractivity contribution is 0.0690. The highest BCUT2D eigenvalue weighted by Crippen LogP contribution is 2.29. The number of nitrogens with zero attached hydrogens (tertiary/aromatic N) is 2. The van der Waals surface area contributed by atoms with Crippen molar-refractivity contribution in [3.05, 3.63) is 58.4 Å². The van der Waals surface area contributed by atoms with Crippen LogP contribution in [-0.4, -0.2) is 21.0 Å². The van der Waals surface area contributed by atoms with Gasteiger partial charge in [0.15, 0.2) is 5.69 Å². The molecule has 4 nitrogen and oxygen atoms in total. The monoisotopic (exact) mass is 294 g/mol. The van der Waals surface area contributed by atoms with Crippen LogP contribution >= 0.6 is 11.6 Å². The molecule has 20 heavy (non-hydrogen) atoms. The van der Waals surface area contributed by atoms with Gasteiger partial charge in [0.1, 0.15) is 11.6 Å². The molecule has 0 aliphatic rings. The summed E-state index contributed by atoms with van der Waals surface area (Å²) in [5.41, 5.74) is -0.132. The van der Waals surface area contributed by atoms with E-state index in [1.54, 1.807) is 12.1 Å². The number of carbonyl (C=O) groups is 1. The molecule has 2 rings (SSSR count). The molecule has 1 N–H and O–H groups in total. The number of benzene rings is 1. The number of carboxylic acids is 1. The predicted octanol–water partition coefficient (Wildman–Crippen LogP) is 3.29. The van der Waals surface area contributed by atoms with E-state index in [0.717, 1.165) is 5.56 Å². The molecule has 0 saturated heterocycles. The minimum atomic E-state index is -1.21. The zero-order valence-corrected chi connectivity index (χ0v) is 11.6. The van der Waals surface area contributed by atoms with Crippen LogP contribution in [0.2, 0.25) is 5.02 Å². The summed E-state index contributed by atoms with van der Waals surface area (Å²) < 4.78 is 13.0. The Balaban J connectivity index is 2.51. The Morgan fingerprint density at radius 2 is 1.90 bits per heavy atom. The SMILES string of the molecule is CC(C)(c1ccc(F)cc1)c1ncc(Cl)c(C(=O)O)n1. The van der Waals surface area contributed by atoms with Gasteiger partial charge in [-0.2, -0.15) is 0 Å². The highest BCUT2D eigenvalue weighted by atomic mass is 35.5. The molecule has 0 bridgehead atoms. The molecule has 2 aromatic rings. The van der Waals surface area contributed by atoms with Crippen LogP contribution in [0, 0.1) is 5.82 Å². The van der Waals surface area contributed by atoms with Gasteiger partial charge in [0.05, 0.1) is 11.2 Å². The number of halogens is 2. The molecule has 1 heterocycles. The van der Waals surface area contributed by atoms with Gasteiger partial charge < -0.3 is 5.11 Å². The van der Waals surface area contributed by atoms with E-state index >= 15 is 0 Å². The van der Waals surface area contributed by atoms with Gasteiger partial charge in [-0.1, -0.05) is 23.7 Å². The molecule has 0 aliphatic heterocycles. The van der Waals surface area contributed by atoms with Crippen LogP contribution in [0.3, 0.4) is 0 Å². The average Bonchev–Trinajstić information content (AvgIpc) is 2.39. The van der Waals surface area contributed by atoms with Crippen LogP contribution in [0.5, 0.6) is 0 Å². The molecule has 1 aromatic carbocycles. The summed E-state index contributed by atoms with van der Waals surface area (Å²) in [6.07, 6.45) is 1.26. The second-order valence-corrected chi connectivity index (χ2v) is 5.23. The minimum absolute atomic E-state index is 0.0174. The lowest BCUT2D eigenvalue weighted by Crippen LogP contribution is -2.23. The Morgan fingerprint density at radius 1 is 1.30 bits per heavy atom. The molecule has 0 saturated carbocycles. The smallest absolute Gasteiger partial charge is 0.356 e. The fourth-order valence-corrected chi connectivity index (χ4v) is 1.99. The van der Waals surface area contributed by atoms with Gasteiger partial charge in [0.25, 0.3) is 0 Å². The fraction of sp³-hybridized carbons (Fsp3) is 0.214. The fourth-order valence-electron chi connectivity index (χ4n) is 1.81. The number of hydrogen-bond acceptors (Lipinski definition) is 3. The standard InChI is InChI=1S/C14H12ClFN2O2/c1-14(2,8-3-5-9(16)6-4-8)13-17-7-10(15)11(18-13)12(19)20/h3-7H,1-2H3,(H,19,20). The maximum atomic E-state index is 13.0. The third kappa shape index (κ3) is 2.63. The second kappa shape index (κ2) is 5.17. The van der Waals surface area contributed by atoms with E-state index in [1.807, 2.05) is 13.8 Å². The maximum Gasteiger partial charge on any atom is 0.356 e. The van der Waals surface area contributed by atoms with E-state index in [2.05, 4.69) is 9.97 Å². The minimum Gasteiger partial charge on any atom is -0.476 e. The van der Waals surface area contributed by atoms with E-state index < -0.39 is 11.4 Å². The maximum absolute atomic E-state index is 13.0. The number of carboxylic acid groups (broad SMARTS) is 1. The molecule has 1 aromatic heterocycles. The van der Waals surface area contributed by atoms with Crippen LogP contribution in [0.15, 0.2) is 30.5 Å². The summed E-state index contributed by atoms with van der Waals surface area (Å²) in [7, 11) is 0. The molecule has 0 spiro atoms. The number of rotatable bonds is 3. The van der Waals surface area contributed by atoms with E-state index in [-0.39, 0.29) is 16.5 Å². The molecule has 0 unspecified atom stereocenters. The molecule has 0 radical (unpaired) electrons. The van der Waals surface area contributed by atoms with E-state index in [4.69, 9.17) is 16.7 Å². The zero-order valence-electron chi connectivity index (χ0n) is 10.9. The molecule has 0 aliphatic carbocycles. The lowest BCUT2D eigenvalue weighted by atomic mass is 9.83. The van der Waals surface area contributed by atoms with Crippen molar-refractivity contribution < 1.29 is 14.3 Å².